The number of carbonyl (C=O) groups is 2. The molecule has 0 saturated heterocycles. The zero-order valence-corrected chi connectivity index (χ0v) is 44.2. The van der Waals surface area contributed by atoms with Gasteiger partial charge in [0.1, 0.15) is 0 Å². The fourth-order valence-corrected chi connectivity index (χ4v) is 8.84. The number of aliphatic hydroxyl groups excluding tert-OH is 2. The van der Waals surface area contributed by atoms with E-state index in [2.05, 4.69) is 43.5 Å². The molecule has 0 aliphatic rings. The van der Waals surface area contributed by atoms with E-state index in [-0.39, 0.29) is 18.5 Å². The Hall–Kier alpha value is -1.92. The van der Waals surface area contributed by atoms with Gasteiger partial charge in [-0.3, -0.25) is 9.59 Å². The van der Waals surface area contributed by atoms with Crippen molar-refractivity contribution < 1.29 is 24.5 Å². The van der Waals surface area contributed by atoms with Crippen LogP contribution in [0.25, 0.3) is 0 Å². The Balaban J connectivity index is 3.45. The molecule has 0 aliphatic carbocycles. The van der Waals surface area contributed by atoms with E-state index in [1.807, 2.05) is 6.08 Å². The molecule has 0 saturated carbocycles. The van der Waals surface area contributed by atoms with Crippen LogP contribution in [0.15, 0.2) is 36.5 Å². The Morgan fingerprint density at radius 1 is 0.409 bits per heavy atom. The molecule has 66 heavy (non-hydrogen) atoms. The van der Waals surface area contributed by atoms with E-state index in [9.17, 15) is 19.8 Å². The van der Waals surface area contributed by atoms with Crippen molar-refractivity contribution in [1.29, 1.82) is 0 Å². The summed E-state index contributed by atoms with van der Waals surface area (Å²) in [6.45, 7) is 4.87. The predicted molar refractivity (Wildman–Crippen MR) is 287 cm³/mol. The topological polar surface area (TPSA) is 95.9 Å². The Labute approximate surface area is 411 Å². The van der Waals surface area contributed by atoms with Crippen LogP contribution in [-0.2, 0) is 14.3 Å². The molecular weight excluding hydrogens is 815 g/mol. The van der Waals surface area contributed by atoms with Crippen molar-refractivity contribution in [2.75, 3.05) is 13.2 Å². The van der Waals surface area contributed by atoms with Gasteiger partial charge in [-0.2, -0.15) is 0 Å². The molecule has 0 aromatic heterocycles. The van der Waals surface area contributed by atoms with Crippen molar-refractivity contribution in [2.45, 2.75) is 321 Å². The zero-order valence-electron chi connectivity index (χ0n) is 44.2. The van der Waals surface area contributed by atoms with E-state index in [4.69, 9.17) is 4.74 Å². The average Bonchev–Trinajstić information content (AvgIpc) is 3.32. The predicted octanol–water partition coefficient (Wildman–Crippen LogP) is 18.0. The highest BCUT2D eigenvalue weighted by atomic mass is 16.5. The standard InChI is InChI=1S/C60H113NO5/c1-3-5-7-9-11-13-15-16-26-29-33-36-40-44-48-52-58(63)57(56-62)61-59(64)53-49-45-41-37-34-30-27-24-22-20-18-17-19-21-23-25-28-31-35-39-43-47-51-55-66-60(65)54-50-46-42-38-32-14-12-10-8-6-4-2/h10,12,20,22,48,52,57-58,62-63H,3-9,11,13-19,21,23-47,49-51,53-56H2,1-2H3,(H,61,64)/b12-10-,22-20-,52-48+. The third kappa shape index (κ3) is 51.5. The molecule has 0 rings (SSSR count). The van der Waals surface area contributed by atoms with Crippen molar-refractivity contribution >= 4 is 11.9 Å². The summed E-state index contributed by atoms with van der Waals surface area (Å²) in [6.07, 6.45) is 68.9. The van der Waals surface area contributed by atoms with Crippen molar-refractivity contribution in [1.82, 2.24) is 5.32 Å². The largest absolute Gasteiger partial charge is 0.466 e. The van der Waals surface area contributed by atoms with Crippen LogP contribution in [0.3, 0.4) is 0 Å². The fourth-order valence-electron chi connectivity index (χ4n) is 8.84. The highest BCUT2D eigenvalue weighted by Crippen LogP contribution is 2.16. The summed E-state index contributed by atoms with van der Waals surface area (Å²) in [7, 11) is 0. The van der Waals surface area contributed by atoms with Gasteiger partial charge >= 0.3 is 5.97 Å². The van der Waals surface area contributed by atoms with Gasteiger partial charge in [-0.05, 0) is 77.0 Å². The van der Waals surface area contributed by atoms with Crippen LogP contribution in [0.5, 0.6) is 0 Å². The molecule has 0 aliphatic heterocycles. The Bertz CT molecular complexity index is 1070. The molecule has 0 radical (unpaired) electrons. The number of aliphatic hydroxyl groups is 2. The van der Waals surface area contributed by atoms with E-state index in [0.717, 1.165) is 51.4 Å². The van der Waals surface area contributed by atoms with Crippen LogP contribution >= 0.6 is 0 Å². The maximum Gasteiger partial charge on any atom is 0.305 e. The van der Waals surface area contributed by atoms with Gasteiger partial charge in [0, 0.05) is 12.8 Å². The van der Waals surface area contributed by atoms with Gasteiger partial charge in [-0.15, -0.1) is 0 Å². The lowest BCUT2D eigenvalue weighted by atomic mass is 10.0. The van der Waals surface area contributed by atoms with Gasteiger partial charge < -0.3 is 20.3 Å². The molecule has 6 nitrogen and oxygen atoms in total. The number of rotatable bonds is 54. The third-order valence-electron chi connectivity index (χ3n) is 13.4. The molecule has 388 valence electrons. The van der Waals surface area contributed by atoms with Gasteiger partial charge in [-0.1, -0.05) is 256 Å². The van der Waals surface area contributed by atoms with Crippen molar-refractivity contribution in [3.8, 4) is 0 Å². The molecule has 2 unspecified atom stereocenters. The van der Waals surface area contributed by atoms with Gasteiger partial charge in [0.25, 0.3) is 0 Å². The number of hydrogen-bond acceptors (Lipinski definition) is 5. The summed E-state index contributed by atoms with van der Waals surface area (Å²) >= 11 is 0. The summed E-state index contributed by atoms with van der Waals surface area (Å²) in [5, 5.41) is 23.1. The molecule has 1 amide bonds. The first-order chi connectivity index (χ1) is 32.5. The second-order valence-electron chi connectivity index (χ2n) is 20.0. The number of unbranched alkanes of at least 4 members (excludes halogenated alkanes) is 39. The zero-order chi connectivity index (χ0) is 47.9. The van der Waals surface area contributed by atoms with E-state index in [1.54, 1.807) is 6.08 Å². The van der Waals surface area contributed by atoms with Gasteiger partial charge in [0.15, 0.2) is 0 Å². The number of amides is 1. The fraction of sp³-hybridized carbons (Fsp3) is 0.867. The molecule has 2 atom stereocenters. The highest BCUT2D eigenvalue weighted by Gasteiger charge is 2.18. The summed E-state index contributed by atoms with van der Waals surface area (Å²) < 4.78 is 5.45. The van der Waals surface area contributed by atoms with Crippen molar-refractivity contribution in [2.24, 2.45) is 0 Å². The first-order valence-electron chi connectivity index (χ1n) is 29.3. The Morgan fingerprint density at radius 3 is 1.12 bits per heavy atom. The van der Waals surface area contributed by atoms with Gasteiger partial charge in [0.05, 0.1) is 25.4 Å². The van der Waals surface area contributed by atoms with Crippen LogP contribution in [0, 0.1) is 0 Å². The lowest BCUT2D eigenvalue weighted by Gasteiger charge is -2.20. The monoisotopic (exact) mass is 928 g/mol. The molecular formula is C60H113NO5. The lowest BCUT2D eigenvalue weighted by molar-refractivity contribution is -0.143. The molecule has 0 bridgehead atoms. The molecule has 0 aromatic carbocycles. The second kappa shape index (κ2) is 55.7. The molecule has 6 heteroatoms. The van der Waals surface area contributed by atoms with Crippen LogP contribution in [-0.4, -0.2) is 47.4 Å². The second-order valence-corrected chi connectivity index (χ2v) is 20.0. The highest BCUT2D eigenvalue weighted by molar-refractivity contribution is 5.76. The first kappa shape index (κ1) is 64.1. The van der Waals surface area contributed by atoms with E-state index in [0.29, 0.717) is 19.4 Å². The maximum absolute atomic E-state index is 12.5. The Kier molecular flexibility index (Phi) is 54.1. The van der Waals surface area contributed by atoms with E-state index >= 15 is 0 Å². The number of hydrogen-bond donors (Lipinski definition) is 3. The molecule has 0 spiro atoms. The molecule has 0 heterocycles. The summed E-state index contributed by atoms with van der Waals surface area (Å²) in [5.74, 6) is -0.0742. The summed E-state index contributed by atoms with van der Waals surface area (Å²) in [6, 6.07) is -0.632. The van der Waals surface area contributed by atoms with E-state index in [1.165, 1.54) is 231 Å². The quantitative estimate of drug-likeness (QED) is 0.0321. The number of nitrogens with one attached hydrogen (secondary N) is 1. The van der Waals surface area contributed by atoms with Crippen LogP contribution in [0.1, 0.15) is 309 Å². The molecule has 3 N–H and O–H groups in total. The minimum Gasteiger partial charge on any atom is -0.466 e. The minimum atomic E-state index is -0.848. The SMILES string of the molecule is CCCC/C=C\CCCCCCCC(=O)OCCCCCCCCCCCCCC/C=C\CCCCCCCCCC(=O)NC(CO)C(O)/C=C/CCCCCCCCCCCCCCC. The first-order valence-corrected chi connectivity index (χ1v) is 29.3. The number of allylic oxidation sites excluding steroid dienone is 5. The third-order valence-corrected chi connectivity index (χ3v) is 13.4. The molecule has 0 fully saturated rings. The minimum absolute atomic E-state index is 0.000451. The smallest absolute Gasteiger partial charge is 0.305 e. The van der Waals surface area contributed by atoms with Gasteiger partial charge in [0.2, 0.25) is 5.91 Å². The summed E-state index contributed by atoms with van der Waals surface area (Å²) in [5.41, 5.74) is 0. The normalized spacial score (nSPS) is 12.8. The van der Waals surface area contributed by atoms with Gasteiger partial charge in [-0.25, -0.2) is 0 Å². The maximum atomic E-state index is 12.5. The van der Waals surface area contributed by atoms with Crippen LogP contribution in [0.4, 0.5) is 0 Å². The Morgan fingerprint density at radius 2 is 0.727 bits per heavy atom. The van der Waals surface area contributed by atoms with Crippen LogP contribution < -0.4 is 5.32 Å². The summed E-state index contributed by atoms with van der Waals surface area (Å²) in [4.78, 5) is 24.4. The van der Waals surface area contributed by atoms with Crippen molar-refractivity contribution in [3.63, 3.8) is 0 Å². The van der Waals surface area contributed by atoms with E-state index < -0.39 is 12.1 Å². The number of carbonyl (C=O) groups excluding carboxylic acids is 2. The van der Waals surface area contributed by atoms with Crippen LogP contribution in [0.2, 0.25) is 0 Å². The number of esters is 1. The average molecular weight is 929 g/mol. The molecule has 0 aromatic rings. The lowest BCUT2D eigenvalue weighted by Crippen LogP contribution is -2.45. The number of ether oxygens (including phenoxy) is 1. The van der Waals surface area contributed by atoms with Crippen molar-refractivity contribution in [3.05, 3.63) is 36.5 Å².